The fourth-order valence-corrected chi connectivity index (χ4v) is 2.23. The van der Waals surface area contributed by atoms with Crippen molar-refractivity contribution in [3.63, 3.8) is 0 Å². The molecule has 2 aromatic rings. The molecule has 0 aliphatic carbocycles. The van der Waals surface area contributed by atoms with Gasteiger partial charge in [0, 0.05) is 24.3 Å². The first-order chi connectivity index (χ1) is 10.8. The van der Waals surface area contributed by atoms with Crippen molar-refractivity contribution in [2.45, 2.75) is 32.6 Å². The standard InChI is InChI=1S/C19H24N2O/c1-2-3-9-19(22)21-18-12-10-17(11-13-18)20-15-14-16-7-5-4-6-8-16/h4-8,10-13,20H,2-3,9,14-15H2,1H3,(H,21,22). The Hall–Kier alpha value is -2.29. The number of hydrogen-bond acceptors (Lipinski definition) is 2. The van der Waals surface area contributed by atoms with Crippen LogP contribution in [0.15, 0.2) is 54.6 Å². The number of unbranched alkanes of at least 4 members (excludes halogenated alkanes) is 1. The van der Waals surface area contributed by atoms with Gasteiger partial charge >= 0.3 is 0 Å². The zero-order valence-electron chi connectivity index (χ0n) is 13.1. The van der Waals surface area contributed by atoms with Crippen LogP contribution in [-0.4, -0.2) is 12.5 Å². The van der Waals surface area contributed by atoms with Crippen LogP contribution in [0, 0.1) is 0 Å². The number of benzene rings is 2. The molecular weight excluding hydrogens is 272 g/mol. The van der Waals surface area contributed by atoms with Crippen molar-refractivity contribution in [3.8, 4) is 0 Å². The van der Waals surface area contributed by atoms with E-state index in [1.54, 1.807) is 0 Å². The third kappa shape index (κ3) is 5.60. The molecule has 2 aromatic carbocycles. The van der Waals surface area contributed by atoms with Crippen LogP contribution in [-0.2, 0) is 11.2 Å². The van der Waals surface area contributed by atoms with E-state index in [0.29, 0.717) is 6.42 Å². The van der Waals surface area contributed by atoms with E-state index in [2.05, 4.69) is 41.8 Å². The van der Waals surface area contributed by atoms with Crippen LogP contribution in [0.4, 0.5) is 11.4 Å². The monoisotopic (exact) mass is 296 g/mol. The Morgan fingerprint density at radius 1 is 0.955 bits per heavy atom. The van der Waals surface area contributed by atoms with E-state index in [-0.39, 0.29) is 5.91 Å². The summed E-state index contributed by atoms with van der Waals surface area (Å²) < 4.78 is 0. The van der Waals surface area contributed by atoms with Crippen molar-refractivity contribution in [1.29, 1.82) is 0 Å². The number of amides is 1. The fraction of sp³-hybridized carbons (Fsp3) is 0.316. The maximum absolute atomic E-state index is 11.7. The molecule has 0 heterocycles. The average Bonchev–Trinajstić information content (AvgIpc) is 2.55. The van der Waals surface area contributed by atoms with Gasteiger partial charge in [-0.2, -0.15) is 0 Å². The first-order valence-corrected chi connectivity index (χ1v) is 7.95. The summed E-state index contributed by atoms with van der Waals surface area (Å²) >= 11 is 0. The first kappa shape index (κ1) is 16.1. The molecule has 3 nitrogen and oxygen atoms in total. The lowest BCUT2D eigenvalue weighted by molar-refractivity contribution is -0.116. The van der Waals surface area contributed by atoms with Crippen LogP contribution in [0.25, 0.3) is 0 Å². The SMILES string of the molecule is CCCCC(=O)Nc1ccc(NCCc2ccccc2)cc1. The van der Waals surface area contributed by atoms with E-state index in [9.17, 15) is 4.79 Å². The van der Waals surface area contributed by atoms with Gasteiger partial charge in [-0.15, -0.1) is 0 Å². The molecular formula is C19H24N2O. The second kappa shape index (κ2) is 8.88. The molecule has 0 radical (unpaired) electrons. The summed E-state index contributed by atoms with van der Waals surface area (Å²) in [5.74, 6) is 0.0895. The predicted molar refractivity (Wildman–Crippen MR) is 93.2 cm³/mol. The fourth-order valence-electron chi connectivity index (χ4n) is 2.23. The number of hydrogen-bond donors (Lipinski definition) is 2. The Morgan fingerprint density at radius 3 is 2.32 bits per heavy atom. The number of carbonyl (C=O) groups excluding carboxylic acids is 1. The van der Waals surface area contributed by atoms with Crippen LogP contribution in [0.5, 0.6) is 0 Å². The van der Waals surface area contributed by atoms with E-state index < -0.39 is 0 Å². The maximum Gasteiger partial charge on any atom is 0.224 e. The van der Waals surface area contributed by atoms with Gasteiger partial charge in [-0.25, -0.2) is 0 Å². The van der Waals surface area contributed by atoms with Gasteiger partial charge in [0.2, 0.25) is 5.91 Å². The number of nitrogens with one attached hydrogen (secondary N) is 2. The normalized spacial score (nSPS) is 10.2. The molecule has 1 amide bonds. The maximum atomic E-state index is 11.7. The smallest absolute Gasteiger partial charge is 0.224 e. The van der Waals surface area contributed by atoms with Crippen LogP contribution in [0.2, 0.25) is 0 Å². The molecule has 0 saturated carbocycles. The zero-order chi connectivity index (χ0) is 15.6. The van der Waals surface area contributed by atoms with Crippen LogP contribution >= 0.6 is 0 Å². The van der Waals surface area contributed by atoms with Crippen molar-refractivity contribution in [2.24, 2.45) is 0 Å². The molecule has 0 saturated heterocycles. The summed E-state index contributed by atoms with van der Waals surface area (Å²) in [5.41, 5.74) is 3.26. The quantitative estimate of drug-likeness (QED) is 0.754. The van der Waals surface area contributed by atoms with Crippen molar-refractivity contribution >= 4 is 17.3 Å². The van der Waals surface area contributed by atoms with Gasteiger partial charge < -0.3 is 10.6 Å². The van der Waals surface area contributed by atoms with Crippen molar-refractivity contribution < 1.29 is 4.79 Å². The molecule has 2 N–H and O–H groups in total. The summed E-state index contributed by atoms with van der Waals surface area (Å²) in [5, 5.41) is 6.31. The minimum absolute atomic E-state index is 0.0895. The third-order valence-electron chi connectivity index (χ3n) is 3.51. The summed E-state index contributed by atoms with van der Waals surface area (Å²) in [6.07, 6.45) is 3.56. The molecule has 0 bridgehead atoms. The highest BCUT2D eigenvalue weighted by molar-refractivity contribution is 5.90. The zero-order valence-corrected chi connectivity index (χ0v) is 13.1. The first-order valence-electron chi connectivity index (χ1n) is 7.95. The minimum Gasteiger partial charge on any atom is -0.385 e. The van der Waals surface area contributed by atoms with Gasteiger partial charge in [0.1, 0.15) is 0 Å². The van der Waals surface area contributed by atoms with E-state index in [1.165, 1.54) is 5.56 Å². The molecule has 22 heavy (non-hydrogen) atoms. The topological polar surface area (TPSA) is 41.1 Å². The molecule has 0 unspecified atom stereocenters. The second-order valence-electron chi connectivity index (χ2n) is 5.39. The van der Waals surface area contributed by atoms with Crippen molar-refractivity contribution in [1.82, 2.24) is 0 Å². The van der Waals surface area contributed by atoms with Crippen molar-refractivity contribution in [3.05, 3.63) is 60.2 Å². The summed E-state index contributed by atoms with van der Waals surface area (Å²) in [6, 6.07) is 18.3. The lowest BCUT2D eigenvalue weighted by Crippen LogP contribution is -2.11. The average molecular weight is 296 g/mol. The molecule has 0 aromatic heterocycles. The largest absolute Gasteiger partial charge is 0.385 e. The summed E-state index contributed by atoms with van der Waals surface area (Å²) in [6.45, 7) is 2.98. The van der Waals surface area contributed by atoms with Crippen LogP contribution in [0.1, 0.15) is 31.7 Å². The van der Waals surface area contributed by atoms with Gasteiger partial charge in [0.25, 0.3) is 0 Å². The Kier molecular flexibility index (Phi) is 6.49. The highest BCUT2D eigenvalue weighted by atomic mass is 16.1. The van der Waals surface area contributed by atoms with E-state index in [0.717, 1.165) is 37.2 Å². The minimum atomic E-state index is 0.0895. The Labute approximate surface area is 132 Å². The second-order valence-corrected chi connectivity index (χ2v) is 5.39. The van der Waals surface area contributed by atoms with Gasteiger partial charge in [0.05, 0.1) is 0 Å². The van der Waals surface area contributed by atoms with Crippen LogP contribution in [0.3, 0.4) is 0 Å². The number of carbonyl (C=O) groups is 1. The number of anilines is 2. The van der Waals surface area contributed by atoms with E-state index >= 15 is 0 Å². The molecule has 3 heteroatoms. The van der Waals surface area contributed by atoms with E-state index in [1.807, 2.05) is 30.3 Å². The summed E-state index contributed by atoms with van der Waals surface area (Å²) in [4.78, 5) is 11.7. The number of rotatable bonds is 8. The predicted octanol–water partition coefficient (Wildman–Crippen LogP) is 4.47. The third-order valence-corrected chi connectivity index (χ3v) is 3.51. The van der Waals surface area contributed by atoms with Gasteiger partial charge in [0.15, 0.2) is 0 Å². The molecule has 0 fully saturated rings. The van der Waals surface area contributed by atoms with Crippen LogP contribution < -0.4 is 10.6 Å². The van der Waals surface area contributed by atoms with Gasteiger partial charge in [-0.05, 0) is 42.7 Å². The lowest BCUT2D eigenvalue weighted by atomic mass is 10.1. The Bertz CT molecular complexity index is 564. The molecule has 0 aliphatic rings. The Morgan fingerprint density at radius 2 is 1.64 bits per heavy atom. The molecule has 0 spiro atoms. The molecule has 116 valence electrons. The molecule has 0 atom stereocenters. The van der Waals surface area contributed by atoms with Gasteiger partial charge in [-0.3, -0.25) is 4.79 Å². The molecule has 2 rings (SSSR count). The molecule has 0 aliphatic heterocycles. The lowest BCUT2D eigenvalue weighted by Gasteiger charge is -2.09. The van der Waals surface area contributed by atoms with E-state index in [4.69, 9.17) is 0 Å². The van der Waals surface area contributed by atoms with Gasteiger partial charge in [-0.1, -0.05) is 43.7 Å². The van der Waals surface area contributed by atoms with Crippen molar-refractivity contribution in [2.75, 3.05) is 17.2 Å². The highest BCUT2D eigenvalue weighted by Gasteiger charge is 2.01. The highest BCUT2D eigenvalue weighted by Crippen LogP contribution is 2.14. The summed E-state index contributed by atoms with van der Waals surface area (Å²) in [7, 11) is 0. The Balaban J connectivity index is 1.75.